The second-order valence-electron chi connectivity index (χ2n) is 3.54. The lowest BCUT2D eigenvalue weighted by molar-refractivity contribution is 0.138. The highest BCUT2D eigenvalue weighted by Crippen LogP contribution is 2.35. The number of fused-ring (bicyclic) bond motifs is 1. The topological polar surface area (TPSA) is 15.8 Å². The molecule has 0 bridgehead atoms. The summed E-state index contributed by atoms with van der Waals surface area (Å²) in [6.07, 6.45) is 3.69. The van der Waals surface area contributed by atoms with Gasteiger partial charge in [0, 0.05) is 12.6 Å². The first-order valence-corrected chi connectivity index (χ1v) is 4.20. The van der Waals surface area contributed by atoms with E-state index in [0.717, 1.165) is 0 Å². The summed E-state index contributed by atoms with van der Waals surface area (Å²) >= 11 is 0. The fourth-order valence-electron chi connectivity index (χ4n) is 1.79. The van der Waals surface area contributed by atoms with E-state index < -0.39 is 0 Å². The molecule has 58 valence electrons. The molecule has 0 saturated carbocycles. The van der Waals surface area contributed by atoms with E-state index in [1.807, 2.05) is 0 Å². The van der Waals surface area contributed by atoms with Crippen molar-refractivity contribution >= 4 is 0 Å². The predicted molar refractivity (Wildman–Crippen MR) is 39.7 cm³/mol. The third-order valence-electron chi connectivity index (χ3n) is 2.45. The van der Waals surface area contributed by atoms with E-state index in [-0.39, 0.29) is 0 Å². The SMILES string of the molecule is CC(C)N1CCCC2OC21. The largest absolute Gasteiger partial charge is 0.353 e. The normalized spacial score (nSPS) is 39.9. The molecular formula is C8H15NO. The van der Waals surface area contributed by atoms with Crippen molar-refractivity contribution in [3.8, 4) is 0 Å². The second-order valence-corrected chi connectivity index (χ2v) is 3.54. The maximum absolute atomic E-state index is 5.48. The smallest absolute Gasteiger partial charge is 0.137 e. The number of hydrogen-bond acceptors (Lipinski definition) is 2. The van der Waals surface area contributed by atoms with Crippen molar-refractivity contribution in [1.82, 2.24) is 4.90 Å². The highest BCUT2D eigenvalue weighted by Gasteiger charge is 2.46. The third kappa shape index (κ3) is 0.956. The molecule has 0 aliphatic carbocycles. The van der Waals surface area contributed by atoms with E-state index in [2.05, 4.69) is 18.7 Å². The van der Waals surface area contributed by atoms with Crippen molar-refractivity contribution in [3.63, 3.8) is 0 Å². The van der Waals surface area contributed by atoms with Crippen LogP contribution in [-0.4, -0.2) is 29.8 Å². The summed E-state index contributed by atoms with van der Waals surface area (Å²) in [6.45, 7) is 5.72. The number of ether oxygens (including phenoxy) is 1. The Labute approximate surface area is 62.2 Å². The van der Waals surface area contributed by atoms with Crippen LogP contribution >= 0.6 is 0 Å². The maximum atomic E-state index is 5.48. The number of likely N-dealkylation sites (tertiary alicyclic amines) is 1. The van der Waals surface area contributed by atoms with Crippen molar-refractivity contribution in [1.29, 1.82) is 0 Å². The molecule has 0 aromatic carbocycles. The lowest BCUT2D eigenvalue weighted by Crippen LogP contribution is -2.38. The van der Waals surface area contributed by atoms with E-state index in [1.54, 1.807) is 0 Å². The van der Waals surface area contributed by atoms with Gasteiger partial charge in [-0.15, -0.1) is 0 Å². The fraction of sp³-hybridized carbons (Fsp3) is 1.00. The standard InChI is InChI=1S/C8H15NO/c1-6(2)9-5-3-4-7-8(9)10-7/h6-8H,3-5H2,1-2H3. The zero-order chi connectivity index (χ0) is 7.14. The molecule has 10 heavy (non-hydrogen) atoms. The zero-order valence-electron chi connectivity index (χ0n) is 6.71. The van der Waals surface area contributed by atoms with Crippen LogP contribution in [0.4, 0.5) is 0 Å². The molecule has 2 aliphatic heterocycles. The van der Waals surface area contributed by atoms with Crippen LogP contribution in [0.25, 0.3) is 0 Å². The lowest BCUT2D eigenvalue weighted by atomic mass is 10.1. The van der Waals surface area contributed by atoms with Gasteiger partial charge in [0.05, 0.1) is 6.10 Å². The molecule has 2 fully saturated rings. The van der Waals surface area contributed by atoms with E-state index in [4.69, 9.17) is 4.74 Å². The quantitative estimate of drug-likeness (QED) is 0.510. The molecule has 2 unspecified atom stereocenters. The molecule has 0 aromatic heterocycles. The summed E-state index contributed by atoms with van der Waals surface area (Å²) in [5.74, 6) is 0. The van der Waals surface area contributed by atoms with E-state index in [1.165, 1.54) is 19.4 Å². The molecule has 2 aliphatic rings. The summed E-state index contributed by atoms with van der Waals surface area (Å²) in [5.41, 5.74) is 0. The highest BCUT2D eigenvalue weighted by molar-refractivity contribution is 4.90. The first kappa shape index (κ1) is 6.62. The predicted octanol–water partition coefficient (Wildman–Crippen LogP) is 1.22. The van der Waals surface area contributed by atoms with Crippen LogP contribution in [-0.2, 0) is 4.74 Å². The summed E-state index contributed by atoms with van der Waals surface area (Å²) in [7, 11) is 0. The summed E-state index contributed by atoms with van der Waals surface area (Å²) in [4.78, 5) is 2.45. The monoisotopic (exact) mass is 141 g/mol. The molecule has 2 saturated heterocycles. The minimum absolute atomic E-state index is 0.494. The maximum Gasteiger partial charge on any atom is 0.137 e. The Morgan fingerprint density at radius 2 is 2.30 bits per heavy atom. The van der Waals surface area contributed by atoms with Crippen molar-refractivity contribution in [2.45, 2.75) is 45.1 Å². The molecule has 2 atom stereocenters. The van der Waals surface area contributed by atoms with Crippen LogP contribution < -0.4 is 0 Å². The lowest BCUT2D eigenvalue weighted by Gasteiger charge is -2.26. The second kappa shape index (κ2) is 2.21. The Hall–Kier alpha value is -0.0800. The van der Waals surface area contributed by atoms with E-state index in [9.17, 15) is 0 Å². The van der Waals surface area contributed by atoms with Gasteiger partial charge >= 0.3 is 0 Å². The van der Waals surface area contributed by atoms with Crippen LogP contribution in [0.3, 0.4) is 0 Å². The average molecular weight is 141 g/mol. The van der Waals surface area contributed by atoms with Gasteiger partial charge in [-0.1, -0.05) is 0 Å². The zero-order valence-corrected chi connectivity index (χ0v) is 6.71. The van der Waals surface area contributed by atoms with Gasteiger partial charge < -0.3 is 4.74 Å². The Morgan fingerprint density at radius 1 is 1.50 bits per heavy atom. The van der Waals surface area contributed by atoms with Gasteiger partial charge in [0.15, 0.2) is 0 Å². The van der Waals surface area contributed by atoms with E-state index in [0.29, 0.717) is 18.4 Å². The van der Waals surface area contributed by atoms with Gasteiger partial charge in [0.25, 0.3) is 0 Å². The Balaban J connectivity index is 1.96. The molecule has 0 amide bonds. The fourth-order valence-corrected chi connectivity index (χ4v) is 1.79. The molecule has 0 spiro atoms. The summed E-state index contributed by atoms with van der Waals surface area (Å²) in [5, 5.41) is 0. The summed E-state index contributed by atoms with van der Waals surface area (Å²) < 4.78 is 5.48. The number of hydrogen-bond donors (Lipinski definition) is 0. The van der Waals surface area contributed by atoms with Gasteiger partial charge in [-0.3, -0.25) is 4.90 Å². The van der Waals surface area contributed by atoms with Crippen LogP contribution in [0.2, 0.25) is 0 Å². The molecule has 0 radical (unpaired) electrons. The molecular weight excluding hydrogens is 126 g/mol. The van der Waals surface area contributed by atoms with Crippen molar-refractivity contribution < 1.29 is 4.74 Å². The van der Waals surface area contributed by atoms with Gasteiger partial charge in [0.2, 0.25) is 0 Å². The molecule has 2 heterocycles. The minimum atomic E-state index is 0.494. The minimum Gasteiger partial charge on any atom is -0.353 e. The van der Waals surface area contributed by atoms with Gasteiger partial charge in [-0.05, 0) is 26.7 Å². The number of piperidine rings is 1. The molecule has 2 rings (SSSR count). The van der Waals surface area contributed by atoms with Gasteiger partial charge in [-0.2, -0.15) is 0 Å². The van der Waals surface area contributed by atoms with Crippen LogP contribution in [0, 0.1) is 0 Å². The first-order chi connectivity index (χ1) is 4.79. The van der Waals surface area contributed by atoms with Crippen LogP contribution in [0.1, 0.15) is 26.7 Å². The highest BCUT2D eigenvalue weighted by atomic mass is 16.6. The number of nitrogens with zero attached hydrogens (tertiary/aromatic N) is 1. The summed E-state index contributed by atoms with van der Waals surface area (Å²) in [6, 6.07) is 0.662. The Kier molecular flexibility index (Phi) is 1.46. The van der Waals surface area contributed by atoms with Crippen molar-refractivity contribution in [2.24, 2.45) is 0 Å². The average Bonchev–Trinajstić information content (AvgIpc) is 2.63. The third-order valence-corrected chi connectivity index (χ3v) is 2.45. The van der Waals surface area contributed by atoms with E-state index >= 15 is 0 Å². The van der Waals surface area contributed by atoms with Gasteiger partial charge in [-0.25, -0.2) is 0 Å². The molecule has 2 nitrogen and oxygen atoms in total. The van der Waals surface area contributed by atoms with Crippen molar-refractivity contribution in [3.05, 3.63) is 0 Å². The van der Waals surface area contributed by atoms with Gasteiger partial charge in [0.1, 0.15) is 6.23 Å². The molecule has 0 N–H and O–H groups in total. The van der Waals surface area contributed by atoms with Crippen LogP contribution in [0.15, 0.2) is 0 Å². The number of rotatable bonds is 1. The van der Waals surface area contributed by atoms with Crippen molar-refractivity contribution in [2.75, 3.05) is 6.54 Å². The Bertz CT molecular complexity index is 135. The molecule has 2 heteroatoms. The molecule has 0 aromatic rings. The first-order valence-electron chi connectivity index (χ1n) is 4.20. The van der Waals surface area contributed by atoms with Crippen LogP contribution in [0.5, 0.6) is 0 Å². The Morgan fingerprint density at radius 3 is 2.90 bits per heavy atom. The number of epoxide rings is 1.